The van der Waals surface area contributed by atoms with Crippen LogP contribution in [0.25, 0.3) is 0 Å². The summed E-state index contributed by atoms with van der Waals surface area (Å²) >= 11 is 0. The van der Waals surface area contributed by atoms with Crippen LogP contribution in [-0.4, -0.2) is 16.3 Å². The maximum absolute atomic E-state index is 13.9. The molecule has 3 nitrogen and oxygen atoms in total. The van der Waals surface area contributed by atoms with E-state index >= 15 is 0 Å². The second-order valence-corrected chi connectivity index (χ2v) is 4.47. The number of hydrogen-bond acceptors (Lipinski definition) is 2. The van der Waals surface area contributed by atoms with Crippen LogP contribution in [0.4, 0.5) is 8.78 Å². The molecule has 1 heterocycles. The lowest BCUT2D eigenvalue weighted by atomic mass is 9.98. The van der Waals surface area contributed by atoms with Crippen molar-refractivity contribution in [2.75, 3.05) is 6.54 Å². The van der Waals surface area contributed by atoms with Crippen LogP contribution in [0.15, 0.2) is 24.4 Å². The zero-order valence-electron chi connectivity index (χ0n) is 11.2. The van der Waals surface area contributed by atoms with Crippen molar-refractivity contribution in [3.8, 4) is 0 Å². The summed E-state index contributed by atoms with van der Waals surface area (Å²) in [6, 6.07) is 3.34. The van der Waals surface area contributed by atoms with Crippen LogP contribution in [0.5, 0.6) is 0 Å². The van der Waals surface area contributed by atoms with E-state index in [-0.39, 0.29) is 6.04 Å². The van der Waals surface area contributed by atoms with Crippen LogP contribution in [0.1, 0.15) is 29.8 Å². The molecular formula is C14H17F2N3. The number of aromatic nitrogens is 2. The Bertz CT molecular complexity index is 578. The van der Waals surface area contributed by atoms with E-state index in [9.17, 15) is 8.78 Å². The number of halogens is 2. The Morgan fingerprint density at radius 3 is 2.58 bits per heavy atom. The monoisotopic (exact) mass is 265 g/mol. The molecule has 1 aromatic heterocycles. The molecule has 0 amide bonds. The summed E-state index contributed by atoms with van der Waals surface area (Å²) < 4.78 is 28.7. The van der Waals surface area contributed by atoms with Gasteiger partial charge in [0.2, 0.25) is 0 Å². The largest absolute Gasteiger partial charge is 0.306 e. The fourth-order valence-corrected chi connectivity index (χ4v) is 2.13. The number of benzene rings is 1. The Morgan fingerprint density at radius 2 is 2.05 bits per heavy atom. The average Bonchev–Trinajstić information content (AvgIpc) is 2.68. The molecular weight excluding hydrogens is 248 g/mol. The smallest absolute Gasteiger partial charge is 0.131 e. The van der Waals surface area contributed by atoms with Gasteiger partial charge in [-0.2, -0.15) is 5.10 Å². The molecule has 2 aromatic rings. The van der Waals surface area contributed by atoms with E-state index in [1.807, 2.05) is 20.9 Å². The summed E-state index contributed by atoms with van der Waals surface area (Å²) in [5, 5.41) is 7.39. The van der Waals surface area contributed by atoms with Gasteiger partial charge in [0.15, 0.2) is 0 Å². The highest BCUT2D eigenvalue weighted by atomic mass is 19.1. The lowest BCUT2D eigenvalue weighted by molar-refractivity contribution is 0.539. The maximum atomic E-state index is 13.9. The first-order chi connectivity index (χ1) is 9.04. The van der Waals surface area contributed by atoms with Crippen LogP contribution in [0.2, 0.25) is 0 Å². The fraction of sp³-hybridized carbons (Fsp3) is 0.357. The predicted molar refractivity (Wildman–Crippen MR) is 69.8 cm³/mol. The summed E-state index contributed by atoms with van der Waals surface area (Å²) in [6.07, 6.45) is 1.71. The molecule has 1 unspecified atom stereocenters. The van der Waals surface area contributed by atoms with Crippen LogP contribution in [0, 0.1) is 18.6 Å². The van der Waals surface area contributed by atoms with Gasteiger partial charge in [0.25, 0.3) is 0 Å². The van der Waals surface area contributed by atoms with Crippen LogP contribution in [-0.2, 0) is 7.05 Å². The van der Waals surface area contributed by atoms with E-state index in [0.29, 0.717) is 12.1 Å². The molecule has 5 heteroatoms. The predicted octanol–water partition coefficient (Wildman–Crippen LogP) is 2.71. The summed E-state index contributed by atoms with van der Waals surface area (Å²) in [6.45, 7) is 4.55. The summed E-state index contributed by atoms with van der Waals surface area (Å²) in [5.41, 5.74) is 2.28. The molecule has 0 bridgehead atoms. The molecule has 1 atom stereocenters. The third-order valence-electron chi connectivity index (χ3n) is 3.27. The Balaban J connectivity index is 2.48. The highest BCUT2D eigenvalue weighted by Crippen LogP contribution is 2.26. The first-order valence-corrected chi connectivity index (χ1v) is 6.21. The van der Waals surface area contributed by atoms with Gasteiger partial charge in [0.05, 0.1) is 12.2 Å². The number of rotatable bonds is 4. The van der Waals surface area contributed by atoms with E-state index < -0.39 is 11.6 Å². The fourth-order valence-electron chi connectivity index (χ4n) is 2.13. The minimum atomic E-state index is -0.570. The normalized spacial score (nSPS) is 12.7. The van der Waals surface area contributed by atoms with Crippen molar-refractivity contribution in [2.24, 2.45) is 7.05 Å². The molecule has 1 aromatic carbocycles. The molecule has 1 N–H and O–H groups in total. The second kappa shape index (κ2) is 5.48. The molecule has 19 heavy (non-hydrogen) atoms. The highest BCUT2D eigenvalue weighted by Gasteiger charge is 2.21. The molecule has 0 spiro atoms. The van der Waals surface area contributed by atoms with Crippen LogP contribution < -0.4 is 5.32 Å². The molecule has 0 saturated carbocycles. The van der Waals surface area contributed by atoms with Crippen molar-refractivity contribution in [1.29, 1.82) is 0 Å². The Hall–Kier alpha value is -1.75. The molecule has 0 aliphatic rings. The summed E-state index contributed by atoms with van der Waals surface area (Å²) in [7, 11) is 1.84. The third kappa shape index (κ3) is 2.66. The number of nitrogens with zero attached hydrogens (tertiary/aromatic N) is 2. The van der Waals surface area contributed by atoms with Gasteiger partial charge in [-0.15, -0.1) is 0 Å². The second-order valence-electron chi connectivity index (χ2n) is 4.47. The van der Waals surface area contributed by atoms with Gasteiger partial charge < -0.3 is 5.32 Å². The summed E-state index contributed by atoms with van der Waals surface area (Å²) in [5.74, 6) is -1.12. The van der Waals surface area contributed by atoms with Crippen molar-refractivity contribution in [1.82, 2.24) is 15.1 Å². The van der Waals surface area contributed by atoms with E-state index in [0.717, 1.165) is 17.3 Å². The first kappa shape index (κ1) is 13.7. The average molecular weight is 265 g/mol. The molecule has 0 aliphatic heterocycles. The van der Waals surface area contributed by atoms with Gasteiger partial charge in [0, 0.05) is 29.9 Å². The Kier molecular flexibility index (Phi) is 3.95. The van der Waals surface area contributed by atoms with Gasteiger partial charge in [-0.3, -0.25) is 4.68 Å². The van der Waals surface area contributed by atoms with E-state index in [1.54, 1.807) is 10.9 Å². The molecule has 102 valence electrons. The SMILES string of the molecule is CCNC(c1ccc(F)cc1F)c1cnn(C)c1C. The van der Waals surface area contributed by atoms with E-state index in [1.165, 1.54) is 12.1 Å². The summed E-state index contributed by atoms with van der Waals surface area (Å²) in [4.78, 5) is 0. The van der Waals surface area contributed by atoms with E-state index in [2.05, 4.69) is 10.4 Å². The van der Waals surface area contributed by atoms with Crippen molar-refractivity contribution < 1.29 is 8.78 Å². The van der Waals surface area contributed by atoms with Gasteiger partial charge in [-0.05, 0) is 19.5 Å². The zero-order chi connectivity index (χ0) is 14.0. The maximum Gasteiger partial charge on any atom is 0.131 e. The highest BCUT2D eigenvalue weighted by molar-refractivity contribution is 5.34. The van der Waals surface area contributed by atoms with Crippen molar-refractivity contribution in [3.05, 3.63) is 52.9 Å². The zero-order valence-corrected chi connectivity index (χ0v) is 11.2. The number of aryl methyl sites for hydroxylation is 1. The van der Waals surface area contributed by atoms with Crippen molar-refractivity contribution in [2.45, 2.75) is 19.9 Å². The standard InChI is InChI=1S/C14H17F2N3/c1-4-17-14(12-8-18-19(3)9(12)2)11-6-5-10(15)7-13(11)16/h5-8,14,17H,4H2,1-3H3. The van der Waals surface area contributed by atoms with Crippen LogP contribution >= 0.6 is 0 Å². The minimum Gasteiger partial charge on any atom is -0.306 e. The molecule has 0 saturated heterocycles. The first-order valence-electron chi connectivity index (χ1n) is 6.21. The Morgan fingerprint density at radius 1 is 1.32 bits per heavy atom. The van der Waals surface area contributed by atoms with Gasteiger partial charge in [0.1, 0.15) is 11.6 Å². The number of nitrogens with one attached hydrogen (secondary N) is 1. The Labute approximate surface area is 111 Å². The lowest BCUT2D eigenvalue weighted by Gasteiger charge is -2.19. The molecule has 0 aliphatic carbocycles. The topological polar surface area (TPSA) is 29.9 Å². The van der Waals surface area contributed by atoms with Crippen LogP contribution in [0.3, 0.4) is 0 Å². The molecule has 0 radical (unpaired) electrons. The molecule has 0 fully saturated rings. The van der Waals surface area contributed by atoms with Gasteiger partial charge in [-0.25, -0.2) is 8.78 Å². The van der Waals surface area contributed by atoms with Gasteiger partial charge in [-0.1, -0.05) is 13.0 Å². The van der Waals surface area contributed by atoms with Crippen molar-refractivity contribution >= 4 is 0 Å². The van der Waals surface area contributed by atoms with Gasteiger partial charge >= 0.3 is 0 Å². The van der Waals surface area contributed by atoms with Crippen molar-refractivity contribution in [3.63, 3.8) is 0 Å². The minimum absolute atomic E-state index is 0.320. The number of hydrogen-bond donors (Lipinski definition) is 1. The van der Waals surface area contributed by atoms with E-state index in [4.69, 9.17) is 0 Å². The molecule has 2 rings (SSSR count). The lowest BCUT2D eigenvalue weighted by Crippen LogP contribution is -2.23. The third-order valence-corrected chi connectivity index (χ3v) is 3.27. The quantitative estimate of drug-likeness (QED) is 0.921.